The van der Waals surface area contributed by atoms with Crippen molar-refractivity contribution in [2.75, 3.05) is 51.3 Å². The van der Waals surface area contributed by atoms with E-state index in [2.05, 4.69) is 15.2 Å². The van der Waals surface area contributed by atoms with E-state index in [9.17, 15) is 9.59 Å². The highest BCUT2D eigenvalue weighted by atomic mass is 16.5. The lowest BCUT2D eigenvalue weighted by Gasteiger charge is -2.20. The molecule has 8 heteroatoms. The molecule has 2 saturated heterocycles. The molecule has 3 rings (SSSR count). The molecule has 2 aliphatic heterocycles. The van der Waals surface area contributed by atoms with Gasteiger partial charge in [0, 0.05) is 58.4 Å². The number of anilines is 1. The molecule has 1 aromatic rings. The van der Waals surface area contributed by atoms with Crippen LogP contribution in [0.2, 0.25) is 0 Å². The molecule has 1 aromatic heterocycles. The zero-order chi connectivity index (χ0) is 20.8. The number of hydrogen-bond acceptors (Lipinski definition) is 6. The first-order valence-electron chi connectivity index (χ1n) is 10.6. The molecule has 1 N–H and O–H groups in total. The molecule has 160 valence electrons. The van der Waals surface area contributed by atoms with Gasteiger partial charge in [-0.15, -0.1) is 0 Å². The van der Waals surface area contributed by atoms with Gasteiger partial charge in [0.2, 0.25) is 17.8 Å². The molecular weight excluding hydrogens is 370 g/mol. The maximum absolute atomic E-state index is 12.9. The SMILES string of the molecule is COCCNC(=O)[C@H]1CN(C(=O)CC(C)C)C[C@@H]1c1ccnc(N2CCCC2)n1. The van der Waals surface area contributed by atoms with E-state index in [1.165, 1.54) is 0 Å². The largest absolute Gasteiger partial charge is 0.383 e. The van der Waals surface area contributed by atoms with Crippen molar-refractivity contribution in [1.29, 1.82) is 0 Å². The summed E-state index contributed by atoms with van der Waals surface area (Å²) in [6, 6.07) is 1.89. The lowest BCUT2D eigenvalue weighted by molar-refractivity contribution is -0.131. The van der Waals surface area contributed by atoms with Gasteiger partial charge in [0.1, 0.15) is 0 Å². The van der Waals surface area contributed by atoms with Gasteiger partial charge in [-0.3, -0.25) is 9.59 Å². The molecule has 0 aliphatic carbocycles. The van der Waals surface area contributed by atoms with Gasteiger partial charge in [0.25, 0.3) is 0 Å². The van der Waals surface area contributed by atoms with Crippen molar-refractivity contribution < 1.29 is 14.3 Å². The molecule has 0 bridgehead atoms. The number of ether oxygens (including phenoxy) is 1. The van der Waals surface area contributed by atoms with E-state index >= 15 is 0 Å². The number of amides is 2. The van der Waals surface area contributed by atoms with Gasteiger partial charge in [-0.2, -0.15) is 0 Å². The Hall–Kier alpha value is -2.22. The van der Waals surface area contributed by atoms with E-state index in [1.54, 1.807) is 13.3 Å². The Balaban J connectivity index is 1.79. The Morgan fingerprint density at radius 1 is 1.28 bits per heavy atom. The van der Waals surface area contributed by atoms with Crippen molar-refractivity contribution in [3.8, 4) is 0 Å². The highest BCUT2D eigenvalue weighted by molar-refractivity contribution is 5.83. The standard InChI is InChI=1S/C21H33N5O3/c1-15(2)12-19(27)26-13-16(17(14-26)20(28)22-8-11-29-3)18-6-7-23-21(24-18)25-9-4-5-10-25/h6-7,15-17H,4-5,8-14H2,1-3H3,(H,22,28)/t16-,17-/m0/s1. The van der Waals surface area contributed by atoms with E-state index in [0.717, 1.165) is 37.6 Å². The normalized spacial score (nSPS) is 21.8. The summed E-state index contributed by atoms with van der Waals surface area (Å²) in [4.78, 5) is 38.8. The Bertz CT molecular complexity index is 705. The van der Waals surface area contributed by atoms with Crippen LogP contribution in [0.1, 0.15) is 44.7 Å². The van der Waals surface area contributed by atoms with Crippen LogP contribution >= 0.6 is 0 Å². The zero-order valence-electron chi connectivity index (χ0n) is 17.8. The minimum Gasteiger partial charge on any atom is -0.383 e. The summed E-state index contributed by atoms with van der Waals surface area (Å²) in [7, 11) is 1.61. The number of rotatable bonds is 8. The number of methoxy groups -OCH3 is 1. The minimum absolute atomic E-state index is 0.0479. The first-order chi connectivity index (χ1) is 14.0. The number of hydrogen-bond donors (Lipinski definition) is 1. The van der Waals surface area contributed by atoms with E-state index in [4.69, 9.17) is 9.72 Å². The maximum Gasteiger partial charge on any atom is 0.225 e. The second-order valence-electron chi connectivity index (χ2n) is 8.37. The van der Waals surface area contributed by atoms with Crippen LogP contribution in [0.5, 0.6) is 0 Å². The fraction of sp³-hybridized carbons (Fsp3) is 0.714. The molecule has 2 aliphatic rings. The Labute approximate surface area is 173 Å². The molecule has 2 amide bonds. The van der Waals surface area contributed by atoms with Crippen LogP contribution < -0.4 is 10.2 Å². The average molecular weight is 404 g/mol. The molecule has 0 radical (unpaired) electrons. The van der Waals surface area contributed by atoms with Gasteiger partial charge in [-0.1, -0.05) is 13.8 Å². The van der Waals surface area contributed by atoms with Crippen LogP contribution in [0, 0.1) is 11.8 Å². The van der Waals surface area contributed by atoms with Crippen molar-refractivity contribution in [1.82, 2.24) is 20.2 Å². The van der Waals surface area contributed by atoms with Gasteiger partial charge >= 0.3 is 0 Å². The molecule has 2 atom stereocenters. The van der Waals surface area contributed by atoms with E-state index in [-0.39, 0.29) is 29.6 Å². The highest BCUT2D eigenvalue weighted by Crippen LogP contribution is 2.33. The summed E-state index contributed by atoms with van der Waals surface area (Å²) < 4.78 is 5.04. The number of carbonyl (C=O) groups is 2. The van der Waals surface area contributed by atoms with E-state index < -0.39 is 0 Å². The third-order valence-corrected chi connectivity index (χ3v) is 5.63. The second-order valence-corrected chi connectivity index (χ2v) is 8.37. The maximum atomic E-state index is 12.9. The summed E-state index contributed by atoms with van der Waals surface area (Å²) in [5, 5.41) is 2.94. The molecule has 0 spiro atoms. The Morgan fingerprint density at radius 3 is 2.72 bits per heavy atom. The fourth-order valence-electron chi connectivity index (χ4n) is 4.10. The van der Waals surface area contributed by atoms with Crippen molar-refractivity contribution in [3.05, 3.63) is 18.0 Å². The van der Waals surface area contributed by atoms with Crippen LogP contribution in [0.3, 0.4) is 0 Å². The van der Waals surface area contributed by atoms with Gasteiger partial charge in [-0.25, -0.2) is 9.97 Å². The lowest BCUT2D eigenvalue weighted by atomic mass is 9.92. The first-order valence-corrected chi connectivity index (χ1v) is 10.6. The van der Waals surface area contributed by atoms with Crippen LogP contribution in [-0.4, -0.2) is 73.1 Å². The van der Waals surface area contributed by atoms with Gasteiger partial charge in [-0.05, 0) is 24.8 Å². The molecule has 0 unspecified atom stereocenters. The lowest BCUT2D eigenvalue weighted by Crippen LogP contribution is -2.37. The molecule has 3 heterocycles. The number of nitrogens with one attached hydrogen (secondary N) is 1. The highest BCUT2D eigenvalue weighted by Gasteiger charge is 2.41. The summed E-state index contributed by atoms with van der Waals surface area (Å²) in [6.07, 6.45) is 4.57. The van der Waals surface area contributed by atoms with Crippen molar-refractivity contribution >= 4 is 17.8 Å². The number of nitrogens with zero attached hydrogens (tertiary/aromatic N) is 4. The third-order valence-electron chi connectivity index (χ3n) is 5.63. The number of carbonyl (C=O) groups excluding carboxylic acids is 2. The molecule has 0 saturated carbocycles. The predicted octanol–water partition coefficient (Wildman–Crippen LogP) is 1.43. The summed E-state index contributed by atoms with van der Waals surface area (Å²) in [5.74, 6) is 0.628. The third kappa shape index (κ3) is 5.44. The van der Waals surface area contributed by atoms with Crippen molar-refractivity contribution in [2.45, 2.75) is 39.0 Å². The molecule has 0 aromatic carbocycles. The van der Waals surface area contributed by atoms with Gasteiger partial charge in [0.05, 0.1) is 18.2 Å². The quantitative estimate of drug-likeness (QED) is 0.661. The second kappa shape index (κ2) is 10.0. The zero-order valence-corrected chi connectivity index (χ0v) is 17.8. The summed E-state index contributed by atoms with van der Waals surface area (Å²) >= 11 is 0. The molecule has 2 fully saturated rings. The minimum atomic E-state index is -0.315. The average Bonchev–Trinajstić information content (AvgIpc) is 3.38. The van der Waals surface area contributed by atoms with Gasteiger partial charge < -0.3 is 19.9 Å². The predicted molar refractivity (Wildman–Crippen MR) is 111 cm³/mol. The van der Waals surface area contributed by atoms with Crippen molar-refractivity contribution in [2.24, 2.45) is 11.8 Å². The van der Waals surface area contributed by atoms with Crippen LogP contribution in [0.25, 0.3) is 0 Å². The van der Waals surface area contributed by atoms with E-state index in [1.807, 2.05) is 24.8 Å². The smallest absolute Gasteiger partial charge is 0.225 e. The van der Waals surface area contributed by atoms with Crippen LogP contribution in [-0.2, 0) is 14.3 Å². The molecule has 8 nitrogen and oxygen atoms in total. The van der Waals surface area contributed by atoms with E-state index in [0.29, 0.717) is 32.7 Å². The van der Waals surface area contributed by atoms with Crippen LogP contribution in [0.4, 0.5) is 5.95 Å². The topological polar surface area (TPSA) is 87.7 Å². The summed E-state index contributed by atoms with van der Waals surface area (Å²) in [5.41, 5.74) is 0.841. The monoisotopic (exact) mass is 403 g/mol. The fourth-order valence-corrected chi connectivity index (χ4v) is 4.10. The Kier molecular flexibility index (Phi) is 7.41. The summed E-state index contributed by atoms with van der Waals surface area (Å²) in [6.45, 7) is 7.87. The molecular formula is C21H33N5O3. The number of aromatic nitrogens is 2. The Morgan fingerprint density at radius 2 is 2.03 bits per heavy atom. The van der Waals surface area contributed by atoms with Gasteiger partial charge in [0.15, 0.2) is 0 Å². The van der Waals surface area contributed by atoms with Crippen LogP contribution in [0.15, 0.2) is 12.3 Å². The number of likely N-dealkylation sites (tertiary alicyclic amines) is 1. The molecule has 29 heavy (non-hydrogen) atoms. The van der Waals surface area contributed by atoms with Crippen molar-refractivity contribution in [3.63, 3.8) is 0 Å². The first kappa shape index (κ1) is 21.5.